The Hall–Kier alpha value is -1.59. The quantitative estimate of drug-likeness (QED) is 0.877. The van der Waals surface area contributed by atoms with Crippen molar-refractivity contribution in [2.24, 2.45) is 0 Å². The molecule has 0 unspecified atom stereocenters. The molecule has 4 nitrogen and oxygen atoms in total. The first-order valence-electron chi connectivity index (χ1n) is 6.19. The van der Waals surface area contributed by atoms with Crippen LogP contribution in [0.3, 0.4) is 0 Å². The molecular weight excluding hydrogens is 260 g/mol. The molecule has 0 atom stereocenters. The lowest BCUT2D eigenvalue weighted by molar-refractivity contribution is 0.572. The van der Waals surface area contributed by atoms with E-state index in [1.165, 1.54) is 0 Å². The van der Waals surface area contributed by atoms with E-state index in [-0.39, 0.29) is 5.75 Å². The molecule has 0 spiro atoms. The van der Waals surface area contributed by atoms with Gasteiger partial charge in [-0.15, -0.1) is 0 Å². The summed E-state index contributed by atoms with van der Waals surface area (Å²) in [4.78, 5) is 0. The van der Waals surface area contributed by atoms with Gasteiger partial charge in [-0.05, 0) is 30.2 Å². The van der Waals surface area contributed by atoms with E-state index in [1.54, 1.807) is 0 Å². The summed E-state index contributed by atoms with van der Waals surface area (Å²) in [6.07, 6.45) is 3.82. The van der Waals surface area contributed by atoms with Crippen LogP contribution in [0.4, 0.5) is 0 Å². The fraction of sp³-hybridized carbons (Fsp3) is 0.286. The van der Waals surface area contributed by atoms with Crippen LogP contribution in [-0.4, -0.2) is 19.5 Å². The van der Waals surface area contributed by atoms with E-state index in [0.29, 0.717) is 13.1 Å². The molecule has 0 aliphatic carbocycles. The molecule has 0 amide bonds. The smallest absolute Gasteiger partial charge is 0.215 e. The van der Waals surface area contributed by atoms with Gasteiger partial charge >= 0.3 is 0 Å². The molecular formula is C14H18N2O2S. The fourth-order valence-electron chi connectivity index (χ4n) is 1.88. The van der Waals surface area contributed by atoms with Gasteiger partial charge in [0, 0.05) is 25.5 Å². The highest BCUT2D eigenvalue weighted by Gasteiger charge is 2.12. The average molecular weight is 278 g/mol. The second kappa shape index (κ2) is 6.04. The summed E-state index contributed by atoms with van der Waals surface area (Å²) in [6.45, 7) is 2.97. The molecule has 102 valence electrons. The Morgan fingerprint density at radius 3 is 2.47 bits per heavy atom. The van der Waals surface area contributed by atoms with Gasteiger partial charge < -0.3 is 4.57 Å². The first kappa shape index (κ1) is 13.8. The molecule has 1 N–H and O–H groups in total. The molecule has 1 heterocycles. The summed E-state index contributed by atoms with van der Waals surface area (Å²) in [5.41, 5.74) is 1.84. The van der Waals surface area contributed by atoms with Crippen molar-refractivity contribution in [1.82, 2.24) is 9.29 Å². The average Bonchev–Trinajstić information content (AvgIpc) is 2.85. The van der Waals surface area contributed by atoms with E-state index in [2.05, 4.69) is 4.72 Å². The highest BCUT2D eigenvalue weighted by atomic mass is 32.2. The third-order valence-electron chi connectivity index (χ3n) is 2.96. The van der Waals surface area contributed by atoms with Crippen LogP contribution < -0.4 is 4.72 Å². The Kier molecular flexibility index (Phi) is 4.39. The molecule has 0 saturated carbocycles. The van der Waals surface area contributed by atoms with Crippen LogP contribution in [0.15, 0.2) is 48.8 Å². The van der Waals surface area contributed by atoms with Crippen LogP contribution in [0.1, 0.15) is 11.1 Å². The van der Waals surface area contributed by atoms with Crippen LogP contribution in [-0.2, 0) is 22.3 Å². The van der Waals surface area contributed by atoms with Gasteiger partial charge in [-0.1, -0.05) is 24.3 Å². The minimum atomic E-state index is -3.27. The third-order valence-corrected chi connectivity index (χ3v) is 4.30. The molecule has 1 aromatic heterocycles. The van der Waals surface area contributed by atoms with Crippen molar-refractivity contribution in [3.8, 4) is 0 Å². The highest BCUT2D eigenvalue weighted by molar-refractivity contribution is 7.88. The van der Waals surface area contributed by atoms with E-state index in [4.69, 9.17) is 0 Å². The third kappa shape index (κ3) is 4.22. The van der Waals surface area contributed by atoms with Crippen molar-refractivity contribution in [2.45, 2.75) is 19.2 Å². The number of nitrogens with zero attached hydrogens (tertiary/aromatic N) is 1. The summed E-state index contributed by atoms with van der Waals surface area (Å²) in [7, 11) is -3.27. The number of hydrogen-bond donors (Lipinski definition) is 1. The van der Waals surface area contributed by atoms with Crippen LogP contribution in [0.25, 0.3) is 0 Å². The lowest BCUT2D eigenvalue weighted by Crippen LogP contribution is -2.28. The lowest BCUT2D eigenvalue weighted by atomic mass is 10.1. The molecule has 0 radical (unpaired) electrons. The van der Waals surface area contributed by atoms with E-state index in [1.807, 2.05) is 60.3 Å². The van der Waals surface area contributed by atoms with Crippen LogP contribution >= 0.6 is 0 Å². The van der Waals surface area contributed by atoms with Gasteiger partial charge in [-0.25, -0.2) is 13.1 Å². The van der Waals surface area contributed by atoms with E-state index in [9.17, 15) is 8.42 Å². The van der Waals surface area contributed by atoms with Gasteiger partial charge in [0.2, 0.25) is 10.0 Å². The summed E-state index contributed by atoms with van der Waals surface area (Å²) < 4.78 is 28.5. The number of aromatic nitrogens is 1. The highest BCUT2D eigenvalue weighted by Crippen LogP contribution is 2.10. The van der Waals surface area contributed by atoms with Crippen LogP contribution in [0.5, 0.6) is 0 Å². The first-order chi connectivity index (χ1) is 9.07. The Morgan fingerprint density at radius 2 is 1.79 bits per heavy atom. The zero-order valence-corrected chi connectivity index (χ0v) is 11.7. The molecule has 1 aromatic carbocycles. The summed E-state index contributed by atoms with van der Waals surface area (Å²) in [5, 5.41) is 0. The second-order valence-corrected chi connectivity index (χ2v) is 6.31. The van der Waals surface area contributed by atoms with Crippen molar-refractivity contribution < 1.29 is 8.42 Å². The monoisotopic (exact) mass is 278 g/mol. The zero-order chi connectivity index (χ0) is 13.7. The van der Waals surface area contributed by atoms with Gasteiger partial charge in [-0.3, -0.25) is 0 Å². The number of nitrogens with one attached hydrogen (secondary N) is 1. The van der Waals surface area contributed by atoms with Crippen molar-refractivity contribution in [3.05, 3.63) is 59.9 Å². The second-order valence-electron chi connectivity index (χ2n) is 4.50. The number of rotatable bonds is 6. The molecule has 2 aromatic rings. The van der Waals surface area contributed by atoms with Crippen LogP contribution in [0, 0.1) is 6.92 Å². The predicted octanol–water partition coefficient (Wildman–Crippen LogP) is 1.92. The van der Waals surface area contributed by atoms with Crippen molar-refractivity contribution >= 4 is 10.0 Å². The van der Waals surface area contributed by atoms with Gasteiger partial charge in [0.25, 0.3) is 0 Å². The maximum atomic E-state index is 12.0. The maximum Gasteiger partial charge on any atom is 0.215 e. The predicted molar refractivity (Wildman–Crippen MR) is 76.2 cm³/mol. The van der Waals surface area contributed by atoms with Gasteiger partial charge in [0.1, 0.15) is 0 Å². The van der Waals surface area contributed by atoms with Gasteiger partial charge in [0.05, 0.1) is 5.75 Å². The summed E-state index contributed by atoms with van der Waals surface area (Å²) in [5.74, 6) is 0.0331. The maximum absolute atomic E-state index is 12.0. The van der Waals surface area contributed by atoms with Crippen molar-refractivity contribution in [1.29, 1.82) is 0 Å². The molecule has 5 heteroatoms. The number of hydrogen-bond acceptors (Lipinski definition) is 2. The molecule has 0 aliphatic heterocycles. The fourth-order valence-corrected chi connectivity index (χ4v) is 3.11. The summed E-state index contributed by atoms with van der Waals surface area (Å²) in [6, 6.07) is 11.4. The molecule has 0 aliphatic rings. The molecule has 2 rings (SSSR count). The molecule has 0 saturated heterocycles. The number of aryl methyl sites for hydroxylation is 1. The normalized spacial score (nSPS) is 11.6. The molecule has 0 fully saturated rings. The zero-order valence-electron chi connectivity index (χ0n) is 10.9. The Labute approximate surface area is 114 Å². The van der Waals surface area contributed by atoms with Crippen LogP contribution in [0.2, 0.25) is 0 Å². The van der Waals surface area contributed by atoms with Gasteiger partial charge in [0.15, 0.2) is 0 Å². The van der Waals surface area contributed by atoms with Crippen molar-refractivity contribution in [3.63, 3.8) is 0 Å². The van der Waals surface area contributed by atoms with Gasteiger partial charge in [-0.2, -0.15) is 0 Å². The van der Waals surface area contributed by atoms with E-state index in [0.717, 1.165) is 11.1 Å². The lowest BCUT2D eigenvalue weighted by Gasteiger charge is -2.09. The Morgan fingerprint density at radius 1 is 1.11 bits per heavy atom. The largest absolute Gasteiger partial charge is 0.353 e. The topological polar surface area (TPSA) is 51.1 Å². The molecule has 0 bridgehead atoms. The Bertz CT molecular complexity index is 619. The standard InChI is InChI=1S/C14H18N2O2S/c1-13-6-2-3-7-14(13)12-19(17,18)15-8-11-16-9-4-5-10-16/h2-7,9-10,15H,8,11-12H2,1H3. The number of sulfonamides is 1. The first-order valence-corrected chi connectivity index (χ1v) is 7.85. The summed E-state index contributed by atoms with van der Waals surface area (Å²) >= 11 is 0. The minimum Gasteiger partial charge on any atom is -0.353 e. The SMILES string of the molecule is Cc1ccccc1CS(=O)(=O)NCCn1cccc1. The minimum absolute atomic E-state index is 0.0331. The Balaban J connectivity index is 1.90. The van der Waals surface area contributed by atoms with Crippen molar-refractivity contribution in [2.75, 3.05) is 6.54 Å². The van der Waals surface area contributed by atoms with E-state index >= 15 is 0 Å². The molecule has 19 heavy (non-hydrogen) atoms. The van der Waals surface area contributed by atoms with E-state index < -0.39 is 10.0 Å². The number of benzene rings is 1.